The van der Waals surface area contributed by atoms with Crippen molar-refractivity contribution in [2.75, 3.05) is 36.0 Å². The summed E-state index contributed by atoms with van der Waals surface area (Å²) in [5, 5.41) is 8.11. The van der Waals surface area contributed by atoms with E-state index in [2.05, 4.69) is 25.5 Å². The third-order valence-electron chi connectivity index (χ3n) is 9.43. The molecule has 0 aromatic carbocycles. The molecule has 0 aliphatic carbocycles. The highest BCUT2D eigenvalue weighted by molar-refractivity contribution is 7.20. The minimum atomic E-state index is -4.48. The van der Waals surface area contributed by atoms with E-state index in [0.717, 1.165) is 60.4 Å². The molecule has 0 spiro atoms. The first-order valence-corrected chi connectivity index (χ1v) is 18.4. The van der Waals surface area contributed by atoms with Crippen molar-refractivity contribution in [2.24, 2.45) is 0 Å². The van der Waals surface area contributed by atoms with Crippen LogP contribution in [0.5, 0.6) is 0 Å². The van der Waals surface area contributed by atoms with E-state index in [4.69, 9.17) is 9.97 Å². The van der Waals surface area contributed by atoms with E-state index >= 15 is 0 Å². The normalized spacial score (nSPS) is 15.2. The molecule has 0 radical (unpaired) electrons. The summed E-state index contributed by atoms with van der Waals surface area (Å²) in [7, 11) is 0. The fourth-order valence-corrected chi connectivity index (χ4v) is 8.68. The molecular formula is C37H33F3N8O2S2. The first-order valence-electron chi connectivity index (χ1n) is 16.7. The number of aryl methyl sites for hydroxylation is 3. The van der Waals surface area contributed by atoms with Gasteiger partial charge in [0, 0.05) is 60.5 Å². The quantitative estimate of drug-likeness (QED) is 0.183. The van der Waals surface area contributed by atoms with Crippen LogP contribution in [0.3, 0.4) is 0 Å². The molecule has 266 valence electrons. The highest BCUT2D eigenvalue weighted by atomic mass is 32.1. The molecule has 0 bridgehead atoms. The third-order valence-corrected chi connectivity index (χ3v) is 11.5. The number of carbonyl (C=O) groups is 2. The summed E-state index contributed by atoms with van der Waals surface area (Å²) in [5.41, 5.74) is 5.45. The van der Waals surface area contributed by atoms with Crippen molar-refractivity contribution < 1.29 is 22.8 Å². The van der Waals surface area contributed by atoms with Gasteiger partial charge in [-0.15, -0.1) is 22.7 Å². The van der Waals surface area contributed by atoms with Gasteiger partial charge < -0.3 is 20.4 Å². The second-order valence-corrected chi connectivity index (χ2v) is 15.5. The molecule has 15 heteroatoms. The average molecular weight is 743 g/mol. The number of fused-ring (bicyclic) bond motifs is 2. The maximum Gasteiger partial charge on any atom is 0.433 e. The Morgan fingerprint density at radius 1 is 0.731 bits per heavy atom. The van der Waals surface area contributed by atoms with Crippen LogP contribution in [0.4, 0.5) is 24.5 Å². The number of rotatable bonds is 8. The number of aromatic nitrogens is 4. The highest BCUT2D eigenvalue weighted by Gasteiger charge is 2.34. The Labute approximate surface area is 304 Å². The molecule has 0 unspecified atom stereocenters. The van der Waals surface area contributed by atoms with Crippen LogP contribution in [0.2, 0.25) is 0 Å². The van der Waals surface area contributed by atoms with Crippen molar-refractivity contribution in [1.29, 1.82) is 0 Å². The number of hydrogen-bond acceptors (Lipinski definition) is 10. The van der Waals surface area contributed by atoms with E-state index in [1.165, 1.54) is 34.9 Å². The van der Waals surface area contributed by atoms with Gasteiger partial charge in [-0.3, -0.25) is 14.6 Å². The fraction of sp³-hybridized carbons (Fsp3) is 0.297. The molecular weight excluding hydrogens is 710 g/mol. The first-order chi connectivity index (χ1) is 24.9. The number of thiophene rings is 2. The summed E-state index contributed by atoms with van der Waals surface area (Å²) < 4.78 is 38.5. The Balaban J connectivity index is 0.835. The van der Waals surface area contributed by atoms with Gasteiger partial charge in [-0.2, -0.15) is 13.2 Å². The molecule has 8 heterocycles. The molecule has 6 aromatic rings. The number of alkyl halides is 3. The van der Waals surface area contributed by atoms with E-state index in [-0.39, 0.29) is 23.9 Å². The van der Waals surface area contributed by atoms with Gasteiger partial charge >= 0.3 is 6.18 Å². The molecule has 10 nitrogen and oxygen atoms in total. The lowest BCUT2D eigenvalue weighted by Gasteiger charge is -2.41. The van der Waals surface area contributed by atoms with Crippen molar-refractivity contribution >= 4 is 66.3 Å². The monoisotopic (exact) mass is 742 g/mol. The van der Waals surface area contributed by atoms with Gasteiger partial charge in [0.2, 0.25) is 0 Å². The average Bonchev–Trinajstić information content (AvgIpc) is 3.70. The van der Waals surface area contributed by atoms with Gasteiger partial charge in [0.15, 0.2) is 0 Å². The molecule has 0 saturated carbocycles. The summed E-state index contributed by atoms with van der Waals surface area (Å²) >= 11 is 2.75. The first kappa shape index (κ1) is 34.0. The Morgan fingerprint density at radius 3 is 1.79 bits per heavy atom. The molecule has 6 aromatic heterocycles. The van der Waals surface area contributed by atoms with Gasteiger partial charge in [0.1, 0.15) is 15.4 Å². The number of nitrogens with zero attached hydrogens (tertiary/aromatic N) is 6. The predicted octanol–water partition coefficient (Wildman–Crippen LogP) is 6.47. The Kier molecular flexibility index (Phi) is 8.57. The van der Waals surface area contributed by atoms with Gasteiger partial charge in [-0.05, 0) is 80.4 Å². The molecule has 2 amide bonds. The molecule has 2 aliphatic rings. The lowest BCUT2D eigenvalue weighted by Crippen LogP contribution is -2.59. The van der Waals surface area contributed by atoms with Crippen molar-refractivity contribution in [3.63, 3.8) is 0 Å². The van der Waals surface area contributed by atoms with E-state index in [0.29, 0.717) is 48.0 Å². The summed E-state index contributed by atoms with van der Waals surface area (Å²) in [6.07, 6.45) is -0.882. The largest absolute Gasteiger partial charge is 0.433 e. The van der Waals surface area contributed by atoms with Gasteiger partial charge in [-0.25, -0.2) is 15.0 Å². The third kappa shape index (κ3) is 6.77. The number of hydrogen-bond donors (Lipinski definition) is 2. The van der Waals surface area contributed by atoms with Crippen molar-refractivity contribution in [3.05, 3.63) is 105 Å². The van der Waals surface area contributed by atoms with Crippen molar-refractivity contribution in [3.8, 4) is 0 Å². The summed E-state index contributed by atoms with van der Waals surface area (Å²) in [6.45, 7) is 8.37. The maximum atomic E-state index is 13.1. The van der Waals surface area contributed by atoms with Crippen LogP contribution in [0.15, 0.2) is 60.9 Å². The van der Waals surface area contributed by atoms with Crippen LogP contribution < -0.4 is 20.4 Å². The predicted molar refractivity (Wildman–Crippen MR) is 197 cm³/mol. The van der Waals surface area contributed by atoms with E-state index < -0.39 is 11.9 Å². The summed E-state index contributed by atoms with van der Waals surface area (Å²) in [4.78, 5) is 50.6. The number of nitrogens with one attached hydrogen (secondary N) is 2. The number of carbonyl (C=O) groups excluding carboxylic acids is 2. The van der Waals surface area contributed by atoms with Crippen LogP contribution >= 0.6 is 22.7 Å². The van der Waals surface area contributed by atoms with Gasteiger partial charge in [-0.1, -0.05) is 0 Å². The molecule has 2 aliphatic heterocycles. The summed E-state index contributed by atoms with van der Waals surface area (Å²) in [5.74, 6) is -0.273. The minimum Gasteiger partial charge on any atom is -0.366 e. The second kappa shape index (κ2) is 13.1. The van der Waals surface area contributed by atoms with Crippen molar-refractivity contribution in [2.45, 2.75) is 45.5 Å². The number of amides is 2. The Bertz CT molecular complexity index is 2330. The zero-order chi connectivity index (χ0) is 36.3. The topological polar surface area (TPSA) is 116 Å². The molecule has 52 heavy (non-hydrogen) atoms. The van der Waals surface area contributed by atoms with Crippen molar-refractivity contribution in [1.82, 2.24) is 30.6 Å². The van der Waals surface area contributed by atoms with Crippen LogP contribution in [0.25, 0.3) is 20.4 Å². The number of pyridine rings is 4. The van der Waals surface area contributed by atoms with Gasteiger partial charge in [0.05, 0.1) is 45.6 Å². The maximum absolute atomic E-state index is 13.1. The highest BCUT2D eigenvalue weighted by Crippen LogP contribution is 2.32. The number of anilines is 2. The second-order valence-electron chi connectivity index (χ2n) is 13.4. The zero-order valence-electron chi connectivity index (χ0n) is 28.4. The van der Waals surface area contributed by atoms with E-state index in [9.17, 15) is 22.8 Å². The smallest absolute Gasteiger partial charge is 0.366 e. The lowest BCUT2D eigenvalue weighted by molar-refractivity contribution is -0.141. The molecule has 2 fully saturated rings. The van der Waals surface area contributed by atoms with E-state index in [1.54, 1.807) is 0 Å². The van der Waals surface area contributed by atoms with Crippen LogP contribution in [0, 0.1) is 20.8 Å². The molecule has 2 N–H and O–H groups in total. The Morgan fingerprint density at radius 2 is 1.27 bits per heavy atom. The standard InChI is InChI=1S/C37H33F3N8O2S2/c1-19-8-21(3)43-35-28(19)11-30(51-35)33(49)44-24-15-47(16-24)26-5-4-22(41-13-26)10-23-9-20(2)29-12-31(52-36(29)46-23)34(50)45-25-17-48(18-25)27-6-7-32(42-14-27)37(38,39)40/h4-9,11-14,24-25H,10,15-18H2,1-3H3,(H,44,49)(H,45,50). The van der Waals surface area contributed by atoms with E-state index in [1.807, 2.05) is 68.3 Å². The fourth-order valence-electron chi connectivity index (χ4n) is 6.59. The SMILES string of the molecule is Cc1cc(C)c2cc(C(=O)NC3CN(c4ccc(Cc5cc(C)c6cc(C(=O)NC7CN(c8ccc(C(F)(F)F)nc8)C7)sc6n5)nc4)C3)sc2n1. The zero-order valence-corrected chi connectivity index (χ0v) is 30.0. The minimum absolute atomic E-state index is 0.0542. The lowest BCUT2D eigenvalue weighted by atomic mass is 10.1. The Hall–Kier alpha value is -5.15. The van der Waals surface area contributed by atoms with Gasteiger partial charge in [0.25, 0.3) is 11.8 Å². The molecule has 2 saturated heterocycles. The number of halogens is 3. The molecule has 0 atom stereocenters. The molecule has 8 rings (SSSR count). The summed E-state index contributed by atoms with van der Waals surface area (Å²) in [6, 6.07) is 14.2. The van der Waals surface area contributed by atoms with Crippen LogP contribution in [0.1, 0.15) is 53.2 Å². The van der Waals surface area contributed by atoms with Crippen LogP contribution in [-0.2, 0) is 12.6 Å². The van der Waals surface area contributed by atoms with Crippen LogP contribution in [-0.4, -0.2) is 70.0 Å².